The molecule has 26 heavy (non-hydrogen) atoms. The summed E-state index contributed by atoms with van der Waals surface area (Å²) in [6.07, 6.45) is 9.65. The maximum absolute atomic E-state index is 12.8. The lowest BCUT2D eigenvalue weighted by atomic mass is 9.80. The molecule has 2 aliphatic rings. The van der Waals surface area contributed by atoms with Crippen LogP contribution in [0.4, 0.5) is 0 Å². The van der Waals surface area contributed by atoms with Gasteiger partial charge in [-0.2, -0.15) is 0 Å². The van der Waals surface area contributed by atoms with Gasteiger partial charge < -0.3 is 4.90 Å². The molecule has 138 valence electrons. The topological polar surface area (TPSA) is 51.0 Å². The Labute approximate surface area is 159 Å². The zero-order valence-electron chi connectivity index (χ0n) is 15.0. The van der Waals surface area contributed by atoms with Crippen molar-refractivity contribution in [2.24, 2.45) is 11.8 Å². The van der Waals surface area contributed by atoms with Crippen LogP contribution >= 0.6 is 11.6 Å². The van der Waals surface area contributed by atoms with E-state index in [1.165, 1.54) is 32.1 Å². The summed E-state index contributed by atoms with van der Waals surface area (Å²) < 4.78 is 1.71. The number of nitrogens with zero attached hydrogens (tertiary/aromatic N) is 4. The van der Waals surface area contributed by atoms with Crippen molar-refractivity contribution in [1.82, 2.24) is 19.9 Å². The van der Waals surface area contributed by atoms with E-state index in [4.69, 9.17) is 11.6 Å². The Kier molecular flexibility index (Phi) is 5.25. The Morgan fingerprint density at radius 2 is 1.85 bits per heavy atom. The number of amides is 1. The molecule has 6 heteroatoms. The van der Waals surface area contributed by atoms with Gasteiger partial charge in [0.05, 0.1) is 12.7 Å². The zero-order valence-corrected chi connectivity index (χ0v) is 15.7. The summed E-state index contributed by atoms with van der Waals surface area (Å²) in [6, 6.07) is 7.63. The van der Waals surface area contributed by atoms with Crippen LogP contribution in [0, 0.1) is 11.8 Å². The number of benzene rings is 1. The zero-order chi connectivity index (χ0) is 17.9. The highest BCUT2D eigenvalue weighted by molar-refractivity contribution is 6.30. The lowest BCUT2D eigenvalue weighted by Gasteiger charge is -2.27. The Bertz CT molecular complexity index is 751. The van der Waals surface area contributed by atoms with E-state index in [0.717, 1.165) is 31.0 Å². The average Bonchev–Trinajstić information content (AvgIpc) is 3.34. The molecule has 2 aromatic rings. The van der Waals surface area contributed by atoms with E-state index in [9.17, 15) is 4.79 Å². The molecule has 2 heterocycles. The van der Waals surface area contributed by atoms with Gasteiger partial charge in [-0.3, -0.25) is 4.79 Å². The van der Waals surface area contributed by atoms with Crippen molar-refractivity contribution in [3.8, 4) is 0 Å². The molecule has 1 unspecified atom stereocenters. The maximum Gasteiger partial charge on any atom is 0.276 e. The number of hydrogen-bond acceptors (Lipinski definition) is 3. The third-order valence-corrected chi connectivity index (χ3v) is 6.10. The van der Waals surface area contributed by atoms with E-state index in [-0.39, 0.29) is 5.91 Å². The van der Waals surface area contributed by atoms with Crippen LogP contribution in [-0.4, -0.2) is 38.9 Å². The lowest BCUT2D eigenvalue weighted by Crippen LogP contribution is -2.30. The molecule has 0 radical (unpaired) electrons. The van der Waals surface area contributed by atoms with E-state index < -0.39 is 0 Å². The predicted octanol–water partition coefficient (Wildman–Crippen LogP) is 4.02. The van der Waals surface area contributed by atoms with Crippen molar-refractivity contribution in [2.45, 2.75) is 45.1 Å². The summed E-state index contributed by atoms with van der Waals surface area (Å²) >= 11 is 5.92. The van der Waals surface area contributed by atoms with Gasteiger partial charge in [-0.1, -0.05) is 61.1 Å². The number of hydrogen-bond donors (Lipinski definition) is 0. The summed E-state index contributed by atoms with van der Waals surface area (Å²) in [5, 5.41) is 8.94. The number of likely N-dealkylation sites (tertiary alicyclic amines) is 1. The highest BCUT2D eigenvalue weighted by atomic mass is 35.5. The second kappa shape index (κ2) is 7.78. The molecule has 0 spiro atoms. The molecule has 2 fully saturated rings. The van der Waals surface area contributed by atoms with Crippen LogP contribution in [0.5, 0.6) is 0 Å². The molecule has 1 amide bonds. The molecule has 1 saturated heterocycles. The minimum Gasteiger partial charge on any atom is -0.337 e. The van der Waals surface area contributed by atoms with Gasteiger partial charge in [-0.15, -0.1) is 5.10 Å². The highest BCUT2D eigenvalue weighted by Crippen LogP contribution is 2.35. The van der Waals surface area contributed by atoms with Crippen LogP contribution in [0.2, 0.25) is 5.02 Å². The fourth-order valence-electron chi connectivity index (χ4n) is 4.37. The van der Waals surface area contributed by atoms with Gasteiger partial charge in [0, 0.05) is 18.1 Å². The van der Waals surface area contributed by atoms with Crippen molar-refractivity contribution in [1.29, 1.82) is 0 Å². The van der Waals surface area contributed by atoms with E-state index in [2.05, 4.69) is 10.3 Å². The third kappa shape index (κ3) is 3.93. The van der Waals surface area contributed by atoms with Crippen molar-refractivity contribution in [2.75, 3.05) is 13.1 Å². The molecule has 1 atom stereocenters. The molecular weight excluding hydrogens is 348 g/mol. The minimum atomic E-state index is 0.0191. The number of rotatable bonds is 4. The Balaban J connectivity index is 1.36. The molecule has 1 aliphatic heterocycles. The van der Waals surface area contributed by atoms with E-state index in [0.29, 0.717) is 23.2 Å². The summed E-state index contributed by atoms with van der Waals surface area (Å²) in [4.78, 5) is 14.7. The monoisotopic (exact) mass is 372 g/mol. The van der Waals surface area contributed by atoms with Gasteiger partial charge in [0.15, 0.2) is 5.69 Å². The standard InChI is InChI=1S/C20H25ClN4O/c21-18-8-6-15(7-9-18)12-25-14-19(22-23-25)20(26)24-11-10-17(13-24)16-4-2-1-3-5-16/h6-9,14,16-17H,1-5,10-13H2. The number of halogens is 1. The van der Waals surface area contributed by atoms with Gasteiger partial charge in [0.2, 0.25) is 0 Å². The van der Waals surface area contributed by atoms with Crippen molar-refractivity contribution < 1.29 is 4.79 Å². The fourth-order valence-corrected chi connectivity index (χ4v) is 4.50. The van der Waals surface area contributed by atoms with Crippen LogP contribution in [0.25, 0.3) is 0 Å². The molecule has 4 rings (SSSR count). The van der Waals surface area contributed by atoms with Crippen LogP contribution in [-0.2, 0) is 6.54 Å². The Hall–Kier alpha value is -1.88. The summed E-state index contributed by atoms with van der Waals surface area (Å²) in [5.74, 6) is 1.50. The van der Waals surface area contributed by atoms with Crippen LogP contribution < -0.4 is 0 Å². The third-order valence-electron chi connectivity index (χ3n) is 5.84. The summed E-state index contributed by atoms with van der Waals surface area (Å²) in [6.45, 7) is 2.32. The van der Waals surface area contributed by atoms with Gasteiger partial charge in [0.1, 0.15) is 0 Å². The number of carbonyl (C=O) groups is 1. The van der Waals surface area contributed by atoms with Crippen molar-refractivity contribution in [3.63, 3.8) is 0 Å². The maximum atomic E-state index is 12.8. The SMILES string of the molecule is O=C(c1cn(Cc2ccc(Cl)cc2)nn1)N1CCC(C2CCCCC2)C1. The molecule has 1 aliphatic carbocycles. The molecule has 1 saturated carbocycles. The predicted molar refractivity (Wildman–Crippen MR) is 101 cm³/mol. The first kappa shape index (κ1) is 17.5. The second-order valence-electron chi connectivity index (χ2n) is 7.63. The van der Waals surface area contributed by atoms with Crippen LogP contribution in [0.3, 0.4) is 0 Å². The fraction of sp³-hybridized carbons (Fsp3) is 0.550. The highest BCUT2D eigenvalue weighted by Gasteiger charge is 2.33. The van der Waals surface area contributed by atoms with E-state index in [1.54, 1.807) is 10.9 Å². The minimum absolute atomic E-state index is 0.0191. The first-order chi connectivity index (χ1) is 12.7. The number of aromatic nitrogens is 3. The van der Waals surface area contributed by atoms with Gasteiger partial charge >= 0.3 is 0 Å². The normalized spacial score (nSPS) is 21.3. The van der Waals surface area contributed by atoms with Crippen molar-refractivity contribution in [3.05, 3.63) is 46.7 Å². The van der Waals surface area contributed by atoms with Gasteiger partial charge in [0.25, 0.3) is 5.91 Å². The first-order valence-electron chi connectivity index (χ1n) is 9.63. The van der Waals surface area contributed by atoms with Gasteiger partial charge in [-0.25, -0.2) is 4.68 Å². The quantitative estimate of drug-likeness (QED) is 0.814. The van der Waals surface area contributed by atoms with Crippen LogP contribution in [0.1, 0.15) is 54.6 Å². The summed E-state index contributed by atoms with van der Waals surface area (Å²) in [7, 11) is 0. The Morgan fingerprint density at radius 3 is 2.62 bits per heavy atom. The smallest absolute Gasteiger partial charge is 0.276 e. The van der Waals surface area contributed by atoms with Gasteiger partial charge in [-0.05, 0) is 36.0 Å². The molecule has 0 N–H and O–H groups in total. The molecular formula is C20H25ClN4O. The molecule has 1 aromatic heterocycles. The largest absolute Gasteiger partial charge is 0.337 e. The van der Waals surface area contributed by atoms with E-state index in [1.807, 2.05) is 29.2 Å². The Morgan fingerprint density at radius 1 is 1.08 bits per heavy atom. The summed E-state index contributed by atoms with van der Waals surface area (Å²) in [5.41, 5.74) is 1.53. The molecule has 0 bridgehead atoms. The second-order valence-corrected chi connectivity index (χ2v) is 8.06. The van der Waals surface area contributed by atoms with Crippen molar-refractivity contribution >= 4 is 17.5 Å². The molecule has 1 aromatic carbocycles. The lowest BCUT2D eigenvalue weighted by molar-refractivity contribution is 0.0773. The average molecular weight is 373 g/mol. The number of carbonyl (C=O) groups excluding carboxylic acids is 1. The van der Waals surface area contributed by atoms with Crippen LogP contribution in [0.15, 0.2) is 30.5 Å². The first-order valence-corrected chi connectivity index (χ1v) is 10.0. The van der Waals surface area contributed by atoms with E-state index >= 15 is 0 Å². The molecule has 5 nitrogen and oxygen atoms in total.